The van der Waals surface area contributed by atoms with Gasteiger partial charge in [0.15, 0.2) is 11.6 Å². The van der Waals surface area contributed by atoms with Crippen molar-refractivity contribution >= 4 is 12.6 Å². The van der Waals surface area contributed by atoms with Crippen molar-refractivity contribution in [2.75, 3.05) is 14.1 Å². The molecule has 0 amide bonds. The molecule has 0 spiro atoms. The van der Waals surface area contributed by atoms with Crippen molar-refractivity contribution in [3.8, 4) is 0 Å². The lowest BCUT2D eigenvalue weighted by molar-refractivity contribution is 0.391. The Balaban J connectivity index is 2.97. The maximum absolute atomic E-state index is 12.8. The first-order valence-corrected chi connectivity index (χ1v) is 4.33. The highest BCUT2D eigenvalue weighted by Gasteiger charge is 2.11. The van der Waals surface area contributed by atoms with E-state index in [1.807, 2.05) is 14.1 Å². The second-order valence-corrected chi connectivity index (χ2v) is 3.50. The molecule has 0 fully saturated rings. The fourth-order valence-corrected chi connectivity index (χ4v) is 1.13. The van der Waals surface area contributed by atoms with E-state index in [4.69, 9.17) is 0 Å². The van der Waals surface area contributed by atoms with Gasteiger partial charge in [-0.3, -0.25) is 4.90 Å². The summed E-state index contributed by atoms with van der Waals surface area (Å²) in [7, 11) is 3.64. The molecule has 0 aliphatic rings. The van der Waals surface area contributed by atoms with Gasteiger partial charge in [0.1, 0.15) is 0 Å². The van der Waals surface area contributed by atoms with Crippen LogP contribution in [0.15, 0.2) is 18.2 Å². The zero-order valence-electron chi connectivity index (χ0n) is 7.46. The Kier molecular flexibility index (Phi) is 3.27. The van der Waals surface area contributed by atoms with Crippen LogP contribution in [0, 0.1) is 11.6 Å². The van der Waals surface area contributed by atoms with Crippen LogP contribution in [0.4, 0.5) is 8.78 Å². The van der Waals surface area contributed by atoms with E-state index in [0.29, 0.717) is 5.56 Å². The highest BCUT2D eigenvalue weighted by Crippen LogP contribution is 2.23. The van der Waals surface area contributed by atoms with Crippen molar-refractivity contribution in [3.63, 3.8) is 0 Å². The van der Waals surface area contributed by atoms with E-state index in [1.54, 1.807) is 4.90 Å². The van der Waals surface area contributed by atoms with Crippen LogP contribution in [0.2, 0.25) is 0 Å². The molecule has 1 aromatic carbocycles. The molecular formula is C9H11F2NS. The van der Waals surface area contributed by atoms with Gasteiger partial charge < -0.3 is 0 Å². The Hall–Kier alpha value is -0.610. The molecule has 1 unspecified atom stereocenters. The third-order valence-electron chi connectivity index (χ3n) is 1.73. The Morgan fingerprint density at radius 3 is 2.31 bits per heavy atom. The van der Waals surface area contributed by atoms with Crippen molar-refractivity contribution in [1.29, 1.82) is 0 Å². The number of hydrogen-bond acceptors (Lipinski definition) is 2. The molecule has 0 N–H and O–H groups in total. The van der Waals surface area contributed by atoms with Gasteiger partial charge in [-0.1, -0.05) is 6.07 Å². The molecule has 13 heavy (non-hydrogen) atoms. The van der Waals surface area contributed by atoms with Crippen molar-refractivity contribution in [2.45, 2.75) is 5.37 Å². The highest BCUT2D eigenvalue weighted by atomic mass is 32.1. The lowest BCUT2D eigenvalue weighted by atomic mass is 10.2. The summed E-state index contributed by atoms with van der Waals surface area (Å²) in [5, 5.41) is -0.213. The maximum Gasteiger partial charge on any atom is 0.159 e. The SMILES string of the molecule is CN(C)C(S)c1ccc(F)c(F)c1. The van der Waals surface area contributed by atoms with Crippen molar-refractivity contribution in [2.24, 2.45) is 0 Å². The number of nitrogens with zero attached hydrogens (tertiary/aromatic N) is 1. The minimum atomic E-state index is -0.835. The second-order valence-electron chi connectivity index (χ2n) is 3.01. The smallest absolute Gasteiger partial charge is 0.159 e. The summed E-state index contributed by atoms with van der Waals surface area (Å²) in [4.78, 5) is 1.80. The maximum atomic E-state index is 12.8. The predicted octanol–water partition coefficient (Wildman–Crippen LogP) is 2.45. The van der Waals surface area contributed by atoms with Gasteiger partial charge in [-0.05, 0) is 31.8 Å². The third kappa shape index (κ3) is 2.42. The zero-order chi connectivity index (χ0) is 10.0. The van der Waals surface area contributed by atoms with Crippen LogP contribution >= 0.6 is 12.6 Å². The Morgan fingerprint density at radius 2 is 1.85 bits per heavy atom. The summed E-state index contributed by atoms with van der Waals surface area (Å²) in [5.74, 6) is -1.67. The summed E-state index contributed by atoms with van der Waals surface area (Å²) >= 11 is 4.23. The van der Waals surface area contributed by atoms with Crippen LogP contribution in [0.25, 0.3) is 0 Å². The van der Waals surface area contributed by atoms with Gasteiger partial charge in [-0.15, -0.1) is 0 Å². The molecular weight excluding hydrogens is 192 g/mol. The number of rotatable bonds is 2. The number of benzene rings is 1. The molecule has 1 aromatic rings. The topological polar surface area (TPSA) is 3.24 Å². The van der Waals surface area contributed by atoms with Gasteiger partial charge in [-0.25, -0.2) is 8.78 Å². The molecule has 0 heterocycles. The summed E-state index contributed by atoms with van der Waals surface area (Å²) < 4.78 is 25.3. The lowest BCUT2D eigenvalue weighted by Crippen LogP contribution is -2.15. The largest absolute Gasteiger partial charge is 0.294 e. The van der Waals surface area contributed by atoms with Gasteiger partial charge in [-0.2, -0.15) is 12.6 Å². The quantitative estimate of drug-likeness (QED) is 0.571. The Bertz CT molecular complexity index is 302. The van der Waals surface area contributed by atoms with E-state index in [2.05, 4.69) is 12.6 Å². The minimum absolute atomic E-state index is 0.213. The van der Waals surface area contributed by atoms with Crippen molar-refractivity contribution < 1.29 is 8.78 Å². The zero-order valence-corrected chi connectivity index (χ0v) is 8.35. The van der Waals surface area contributed by atoms with Crippen LogP contribution in [-0.2, 0) is 0 Å². The summed E-state index contributed by atoms with van der Waals surface area (Å²) in [6.07, 6.45) is 0. The van der Waals surface area contributed by atoms with Gasteiger partial charge >= 0.3 is 0 Å². The predicted molar refractivity (Wildman–Crippen MR) is 51.8 cm³/mol. The normalized spacial score (nSPS) is 13.4. The molecule has 0 aromatic heterocycles. The molecule has 1 rings (SSSR count). The van der Waals surface area contributed by atoms with Crippen LogP contribution < -0.4 is 0 Å². The molecule has 1 nitrogen and oxygen atoms in total. The summed E-state index contributed by atoms with van der Waals surface area (Å²) in [5.41, 5.74) is 0.646. The molecule has 0 radical (unpaired) electrons. The fraction of sp³-hybridized carbons (Fsp3) is 0.333. The molecule has 0 aliphatic carbocycles. The van der Waals surface area contributed by atoms with Crippen LogP contribution in [0.1, 0.15) is 10.9 Å². The Labute approximate surface area is 81.8 Å². The van der Waals surface area contributed by atoms with Crippen molar-refractivity contribution in [3.05, 3.63) is 35.4 Å². The van der Waals surface area contributed by atoms with E-state index in [1.165, 1.54) is 6.07 Å². The number of hydrogen-bond donors (Lipinski definition) is 1. The van der Waals surface area contributed by atoms with Gasteiger partial charge in [0.2, 0.25) is 0 Å². The Morgan fingerprint density at radius 1 is 1.23 bits per heavy atom. The minimum Gasteiger partial charge on any atom is -0.294 e. The van der Waals surface area contributed by atoms with E-state index in [-0.39, 0.29) is 5.37 Å². The van der Waals surface area contributed by atoms with Crippen LogP contribution in [0.3, 0.4) is 0 Å². The molecule has 0 saturated carbocycles. The van der Waals surface area contributed by atoms with Crippen LogP contribution in [-0.4, -0.2) is 19.0 Å². The average molecular weight is 203 g/mol. The molecule has 1 atom stereocenters. The molecule has 4 heteroatoms. The van der Waals surface area contributed by atoms with Gasteiger partial charge in [0.05, 0.1) is 5.37 Å². The number of halogens is 2. The standard InChI is InChI=1S/C9H11F2NS/c1-12(2)9(13)6-3-4-7(10)8(11)5-6/h3-5,9,13H,1-2H3. The van der Waals surface area contributed by atoms with E-state index >= 15 is 0 Å². The van der Waals surface area contributed by atoms with Crippen LogP contribution in [0.5, 0.6) is 0 Å². The molecule has 0 bridgehead atoms. The fourth-order valence-electron chi connectivity index (χ4n) is 0.971. The molecule has 0 aliphatic heterocycles. The third-order valence-corrected chi connectivity index (χ3v) is 2.49. The first kappa shape index (κ1) is 10.5. The monoisotopic (exact) mass is 203 g/mol. The lowest BCUT2D eigenvalue weighted by Gasteiger charge is -2.18. The van der Waals surface area contributed by atoms with Gasteiger partial charge in [0, 0.05) is 0 Å². The first-order chi connectivity index (χ1) is 6.02. The highest BCUT2D eigenvalue weighted by molar-refractivity contribution is 7.80. The average Bonchev–Trinajstić information content (AvgIpc) is 2.08. The first-order valence-electron chi connectivity index (χ1n) is 3.82. The van der Waals surface area contributed by atoms with Crippen molar-refractivity contribution in [1.82, 2.24) is 4.90 Å². The second kappa shape index (κ2) is 4.07. The van der Waals surface area contributed by atoms with E-state index in [0.717, 1.165) is 12.1 Å². The van der Waals surface area contributed by atoms with Gasteiger partial charge in [0.25, 0.3) is 0 Å². The number of thiol groups is 1. The molecule has 0 saturated heterocycles. The van der Waals surface area contributed by atoms with E-state index < -0.39 is 11.6 Å². The molecule has 72 valence electrons. The summed E-state index contributed by atoms with van der Waals surface area (Å²) in [6, 6.07) is 3.79. The van der Waals surface area contributed by atoms with E-state index in [9.17, 15) is 8.78 Å². The summed E-state index contributed by atoms with van der Waals surface area (Å²) in [6.45, 7) is 0.